The maximum atomic E-state index is 4.64. The van der Waals surface area contributed by atoms with Gasteiger partial charge in [-0.3, -0.25) is 0 Å². The molecule has 2 nitrogen and oxygen atoms in total. The number of nitrogens with one attached hydrogen (secondary N) is 1. The zero-order valence-electron chi connectivity index (χ0n) is 11.8. The molecule has 0 spiro atoms. The first-order chi connectivity index (χ1) is 8.06. The van der Waals surface area contributed by atoms with Crippen LogP contribution in [0.3, 0.4) is 0 Å². The number of aryl methyl sites for hydroxylation is 2. The van der Waals surface area contributed by atoms with E-state index in [9.17, 15) is 0 Å². The van der Waals surface area contributed by atoms with Crippen LogP contribution >= 0.6 is 11.3 Å². The number of likely N-dealkylation sites (N-methyl/N-ethyl adjacent to an activating group) is 1. The minimum atomic E-state index is 0.583. The summed E-state index contributed by atoms with van der Waals surface area (Å²) in [6.45, 7) is 12.1. The second-order valence-corrected chi connectivity index (χ2v) is 6.24. The number of nitrogens with zero attached hydrogens (tertiary/aromatic N) is 1. The molecule has 0 aliphatic heterocycles. The van der Waals surface area contributed by atoms with Gasteiger partial charge in [-0.15, -0.1) is 11.3 Å². The topological polar surface area (TPSA) is 24.9 Å². The van der Waals surface area contributed by atoms with Gasteiger partial charge in [-0.25, -0.2) is 4.98 Å². The molecule has 1 aromatic rings. The summed E-state index contributed by atoms with van der Waals surface area (Å²) >= 11 is 1.85. The third-order valence-electron chi connectivity index (χ3n) is 3.37. The molecular formula is C14H26N2S. The molecule has 2 atom stereocenters. The molecule has 0 aliphatic carbocycles. The normalized spacial score (nSPS) is 14.9. The Morgan fingerprint density at radius 1 is 1.29 bits per heavy atom. The van der Waals surface area contributed by atoms with E-state index >= 15 is 0 Å². The Morgan fingerprint density at radius 3 is 2.47 bits per heavy atom. The lowest BCUT2D eigenvalue weighted by molar-refractivity contribution is 0.397. The largest absolute Gasteiger partial charge is 0.314 e. The summed E-state index contributed by atoms with van der Waals surface area (Å²) in [7, 11) is 0. The van der Waals surface area contributed by atoms with Crippen LogP contribution in [0, 0.1) is 19.8 Å². The van der Waals surface area contributed by atoms with Crippen molar-refractivity contribution < 1.29 is 0 Å². The van der Waals surface area contributed by atoms with Crippen molar-refractivity contribution in [2.24, 2.45) is 5.92 Å². The van der Waals surface area contributed by atoms with Crippen LogP contribution in [0.4, 0.5) is 0 Å². The lowest BCUT2D eigenvalue weighted by Gasteiger charge is -2.20. The van der Waals surface area contributed by atoms with Crippen LogP contribution < -0.4 is 5.32 Å². The van der Waals surface area contributed by atoms with Crippen LogP contribution in [-0.2, 0) is 6.42 Å². The first-order valence-electron chi connectivity index (χ1n) is 6.73. The Morgan fingerprint density at radius 2 is 2.00 bits per heavy atom. The second-order valence-electron chi connectivity index (χ2n) is 4.96. The van der Waals surface area contributed by atoms with Crippen LogP contribution in [0.25, 0.3) is 0 Å². The summed E-state index contributed by atoms with van der Waals surface area (Å²) in [6, 6.07) is 0.583. The van der Waals surface area contributed by atoms with Crippen molar-refractivity contribution in [2.45, 2.75) is 59.9 Å². The van der Waals surface area contributed by atoms with E-state index in [1.165, 1.54) is 28.4 Å². The standard InChI is InChI=1S/C14H26N2S/c1-6-10(3)8-13(15-7-2)9-14-16-11(4)12(5)17-14/h10,13,15H,6-9H2,1-5H3. The molecule has 0 amide bonds. The Kier molecular flexibility index (Phi) is 6.14. The van der Waals surface area contributed by atoms with Gasteiger partial charge in [0.05, 0.1) is 10.7 Å². The molecule has 0 saturated heterocycles. The quantitative estimate of drug-likeness (QED) is 0.802. The maximum Gasteiger partial charge on any atom is 0.0946 e. The van der Waals surface area contributed by atoms with Gasteiger partial charge in [-0.1, -0.05) is 27.2 Å². The summed E-state index contributed by atoms with van der Waals surface area (Å²) in [4.78, 5) is 6.00. The van der Waals surface area contributed by atoms with Crippen molar-refractivity contribution in [3.63, 3.8) is 0 Å². The number of thiazole rings is 1. The summed E-state index contributed by atoms with van der Waals surface area (Å²) in [5.41, 5.74) is 1.20. The first kappa shape index (κ1) is 14.7. The van der Waals surface area contributed by atoms with E-state index in [0.717, 1.165) is 18.9 Å². The van der Waals surface area contributed by atoms with Gasteiger partial charge in [0, 0.05) is 17.3 Å². The maximum absolute atomic E-state index is 4.64. The smallest absolute Gasteiger partial charge is 0.0946 e. The fraction of sp³-hybridized carbons (Fsp3) is 0.786. The Hall–Kier alpha value is -0.410. The molecule has 1 aromatic heterocycles. The van der Waals surface area contributed by atoms with Crippen LogP contribution in [0.1, 0.15) is 49.2 Å². The van der Waals surface area contributed by atoms with E-state index in [-0.39, 0.29) is 0 Å². The molecule has 2 unspecified atom stereocenters. The molecule has 0 fully saturated rings. The molecule has 0 radical (unpaired) electrons. The zero-order chi connectivity index (χ0) is 12.8. The number of hydrogen-bond acceptors (Lipinski definition) is 3. The second kappa shape index (κ2) is 7.12. The summed E-state index contributed by atoms with van der Waals surface area (Å²) < 4.78 is 0. The minimum Gasteiger partial charge on any atom is -0.314 e. The Labute approximate surface area is 110 Å². The Bertz CT molecular complexity index is 313. The predicted molar refractivity (Wildman–Crippen MR) is 76.8 cm³/mol. The van der Waals surface area contributed by atoms with E-state index in [1.54, 1.807) is 0 Å². The SMILES string of the molecule is CCNC(Cc1nc(C)c(C)s1)CC(C)CC. The highest BCUT2D eigenvalue weighted by atomic mass is 32.1. The molecule has 0 aromatic carbocycles. The van der Waals surface area contributed by atoms with Crippen LogP contribution in [0.15, 0.2) is 0 Å². The third-order valence-corrected chi connectivity index (χ3v) is 4.47. The van der Waals surface area contributed by atoms with Gasteiger partial charge in [-0.2, -0.15) is 0 Å². The number of hydrogen-bond donors (Lipinski definition) is 1. The lowest BCUT2D eigenvalue weighted by atomic mass is 9.97. The monoisotopic (exact) mass is 254 g/mol. The number of rotatable bonds is 7. The predicted octanol–water partition coefficient (Wildman–Crippen LogP) is 3.72. The summed E-state index contributed by atoms with van der Waals surface area (Å²) in [5, 5.41) is 4.88. The fourth-order valence-corrected chi connectivity index (χ4v) is 3.03. The van der Waals surface area contributed by atoms with E-state index in [2.05, 4.69) is 44.9 Å². The highest BCUT2D eigenvalue weighted by Gasteiger charge is 2.14. The van der Waals surface area contributed by atoms with Crippen molar-refractivity contribution in [1.82, 2.24) is 10.3 Å². The number of aromatic nitrogens is 1. The zero-order valence-corrected chi connectivity index (χ0v) is 12.7. The van der Waals surface area contributed by atoms with Crippen molar-refractivity contribution in [3.8, 4) is 0 Å². The molecule has 0 aliphatic rings. The van der Waals surface area contributed by atoms with Crippen molar-refractivity contribution >= 4 is 11.3 Å². The van der Waals surface area contributed by atoms with Gasteiger partial charge >= 0.3 is 0 Å². The van der Waals surface area contributed by atoms with E-state index in [4.69, 9.17) is 0 Å². The molecule has 3 heteroatoms. The van der Waals surface area contributed by atoms with Gasteiger partial charge in [0.25, 0.3) is 0 Å². The van der Waals surface area contributed by atoms with Crippen molar-refractivity contribution in [2.75, 3.05) is 6.54 Å². The van der Waals surface area contributed by atoms with Crippen LogP contribution in [-0.4, -0.2) is 17.6 Å². The highest BCUT2D eigenvalue weighted by molar-refractivity contribution is 7.11. The molecule has 17 heavy (non-hydrogen) atoms. The highest BCUT2D eigenvalue weighted by Crippen LogP contribution is 2.20. The van der Waals surface area contributed by atoms with Gasteiger partial charge in [0.2, 0.25) is 0 Å². The molecule has 1 rings (SSSR count). The summed E-state index contributed by atoms with van der Waals surface area (Å²) in [5.74, 6) is 0.793. The van der Waals surface area contributed by atoms with Gasteiger partial charge in [-0.05, 0) is 32.7 Å². The van der Waals surface area contributed by atoms with Gasteiger partial charge in [0.1, 0.15) is 0 Å². The Balaban J connectivity index is 2.59. The summed E-state index contributed by atoms with van der Waals surface area (Å²) in [6.07, 6.45) is 3.59. The van der Waals surface area contributed by atoms with E-state index < -0.39 is 0 Å². The van der Waals surface area contributed by atoms with E-state index in [1.807, 2.05) is 11.3 Å². The average molecular weight is 254 g/mol. The van der Waals surface area contributed by atoms with Gasteiger partial charge in [0.15, 0.2) is 0 Å². The molecule has 0 saturated carbocycles. The molecule has 98 valence electrons. The fourth-order valence-electron chi connectivity index (χ4n) is 2.02. The third kappa shape index (κ3) is 4.76. The average Bonchev–Trinajstić information content (AvgIpc) is 2.58. The van der Waals surface area contributed by atoms with Crippen LogP contribution in [0.2, 0.25) is 0 Å². The van der Waals surface area contributed by atoms with Crippen molar-refractivity contribution in [1.29, 1.82) is 0 Å². The first-order valence-corrected chi connectivity index (χ1v) is 7.54. The minimum absolute atomic E-state index is 0.583. The molecular weight excluding hydrogens is 228 g/mol. The van der Waals surface area contributed by atoms with Crippen LogP contribution in [0.5, 0.6) is 0 Å². The molecule has 1 N–H and O–H groups in total. The van der Waals surface area contributed by atoms with E-state index in [0.29, 0.717) is 6.04 Å². The molecule has 0 bridgehead atoms. The lowest BCUT2D eigenvalue weighted by Crippen LogP contribution is -2.32. The van der Waals surface area contributed by atoms with Crippen molar-refractivity contribution in [3.05, 3.63) is 15.6 Å². The molecule has 1 heterocycles. The van der Waals surface area contributed by atoms with Gasteiger partial charge < -0.3 is 5.32 Å².